The highest BCUT2D eigenvalue weighted by Crippen LogP contribution is 2.14. The summed E-state index contributed by atoms with van der Waals surface area (Å²) < 4.78 is 29.8. The average Bonchev–Trinajstić information content (AvgIpc) is 2.22. The van der Waals surface area contributed by atoms with Crippen molar-refractivity contribution in [2.24, 2.45) is 0 Å². The van der Waals surface area contributed by atoms with Crippen molar-refractivity contribution >= 4 is 11.7 Å². The van der Waals surface area contributed by atoms with Crippen molar-refractivity contribution in [2.45, 2.75) is 13.0 Å². The lowest BCUT2D eigenvalue weighted by Gasteiger charge is -2.12. The van der Waals surface area contributed by atoms with E-state index in [0.717, 1.165) is 12.1 Å². The molecule has 1 unspecified atom stereocenters. The minimum absolute atomic E-state index is 0.326. The first-order valence-corrected chi connectivity index (χ1v) is 4.34. The topological polar surface area (TPSA) is 38.3 Å². The molecule has 0 amide bonds. The second kappa shape index (κ2) is 4.72. The maximum atomic E-state index is 12.8. The molecule has 15 heavy (non-hydrogen) atoms. The molecule has 3 nitrogen and oxygen atoms in total. The lowest BCUT2D eigenvalue weighted by molar-refractivity contribution is -0.141. The molecule has 1 rings (SSSR count). The van der Waals surface area contributed by atoms with E-state index in [-0.39, 0.29) is 0 Å². The van der Waals surface area contributed by atoms with Crippen molar-refractivity contribution in [3.05, 3.63) is 29.8 Å². The Hall–Kier alpha value is -1.65. The largest absolute Gasteiger partial charge is 0.467 e. The molecule has 0 heterocycles. The lowest BCUT2D eigenvalue weighted by atomic mass is 10.2. The molecule has 0 fully saturated rings. The summed E-state index contributed by atoms with van der Waals surface area (Å²) in [5, 5.41) is 2.68. The van der Waals surface area contributed by atoms with Crippen LogP contribution in [0.5, 0.6) is 0 Å². The van der Waals surface area contributed by atoms with Gasteiger partial charge in [-0.2, -0.15) is 0 Å². The molecule has 1 aromatic rings. The van der Waals surface area contributed by atoms with Gasteiger partial charge in [-0.1, -0.05) is 0 Å². The van der Waals surface area contributed by atoms with Crippen molar-refractivity contribution in [1.29, 1.82) is 0 Å². The van der Waals surface area contributed by atoms with Crippen LogP contribution in [-0.4, -0.2) is 19.1 Å². The number of carbonyl (C=O) groups excluding carboxylic acids is 1. The lowest BCUT2D eigenvalue weighted by Crippen LogP contribution is -2.27. The number of carbonyl (C=O) groups is 1. The summed E-state index contributed by atoms with van der Waals surface area (Å²) >= 11 is 0. The molecule has 82 valence electrons. The second-order valence-electron chi connectivity index (χ2n) is 3.02. The smallest absolute Gasteiger partial charge is 0.327 e. The van der Waals surface area contributed by atoms with E-state index < -0.39 is 23.6 Å². The van der Waals surface area contributed by atoms with Gasteiger partial charge in [0.25, 0.3) is 0 Å². The quantitative estimate of drug-likeness (QED) is 0.783. The van der Waals surface area contributed by atoms with Gasteiger partial charge in [-0.3, -0.25) is 0 Å². The van der Waals surface area contributed by atoms with E-state index in [2.05, 4.69) is 10.1 Å². The van der Waals surface area contributed by atoms with Crippen LogP contribution >= 0.6 is 0 Å². The van der Waals surface area contributed by atoms with Gasteiger partial charge in [0.1, 0.15) is 6.04 Å². The molecule has 5 heteroatoms. The number of halogens is 2. The predicted octanol–water partition coefficient (Wildman–Crippen LogP) is 1.94. The highest BCUT2D eigenvalue weighted by atomic mass is 19.2. The summed E-state index contributed by atoms with van der Waals surface area (Å²) in [6.07, 6.45) is 0. The Morgan fingerprint density at radius 1 is 1.40 bits per heavy atom. The first-order chi connectivity index (χ1) is 7.04. The fourth-order valence-corrected chi connectivity index (χ4v) is 1.07. The molecule has 0 spiro atoms. The van der Waals surface area contributed by atoms with Crippen LogP contribution in [0, 0.1) is 11.6 Å². The Kier molecular flexibility index (Phi) is 3.60. The Labute approximate surface area is 86.0 Å². The number of nitrogens with one attached hydrogen (secondary N) is 1. The zero-order valence-corrected chi connectivity index (χ0v) is 8.38. The Bertz CT molecular complexity index is 368. The van der Waals surface area contributed by atoms with Crippen molar-refractivity contribution in [3.63, 3.8) is 0 Å². The van der Waals surface area contributed by atoms with Gasteiger partial charge in [0.2, 0.25) is 0 Å². The van der Waals surface area contributed by atoms with Gasteiger partial charge in [0, 0.05) is 11.8 Å². The maximum absolute atomic E-state index is 12.8. The fourth-order valence-electron chi connectivity index (χ4n) is 1.07. The van der Waals surface area contributed by atoms with Gasteiger partial charge >= 0.3 is 5.97 Å². The monoisotopic (exact) mass is 215 g/mol. The summed E-state index contributed by atoms with van der Waals surface area (Å²) in [4.78, 5) is 11.0. The third-order valence-electron chi connectivity index (χ3n) is 1.86. The average molecular weight is 215 g/mol. The fraction of sp³-hybridized carbons (Fsp3) is 0.300. The second-order valence-corrected chi connectivity index (χ2v) is 3.02. The number of rotatable bonds is 3. The molecule has 0 aliphatic rings. The van der Waals surface area contributed by atoms with E-state index in [0.29, 0.717) is 5.69 Å². The number of benzene rings is 1. The molecule has 0 saturated heterocycles. The van der Waals surface area contributed by atoms with E-state index in [9.17, 15) is 13.6 Å². The van der Waals surface area contributed by atoms with Crippen LogP contribution in [0.3, 0.4) is 0 Å². The summed E-state index contributed by atoms with van der Waals surface area (Å²) in [6.45, 7) is 1.56. The molecule has 1 atom stereocenters. The third-order valence-corrected chi connectivity index (χ3v) is 1.86. The number of hydrogen-bond donors (Lipinski definition) is 1. The van der Waals surface area contributed by atoms with Gasteiger partial charge in [-0.15, -0.1) is 0 Å². The van der Waals surface area contributed by atoms with Crippen molar-refractivity contribution < 1.29 is 18.3 Å². The summed E-state index contributed by atoms with van der Waals surface area (Å²) in [5.74, 6) is -2.36. The van der Waals surface area contributed by atoms with Gasteiger partial charge < -0.3 is 10.1 Å². The summed E-state index contributed by atoms with van der Waals surface area (Å²) in [5.41, 5.74) is 0.326. The SMILES string of the molecule is COC(=O)C(C)Nc1ccc(F)c(F)c1. The molecular formula is C10H11F2NO2. The Morgan fingerprint density at radius 3 is 2.60 bits per heavy atom. The van der Waals surface area contributed by atoms with Crippen LogP contribution in [0.2, 0.25) is 0 Å². The number of ether oxygens (including phenoxy) is 1. The molecule has 0 saturated carbocycles. The zero-order chi connectivity index (χ0) is 11.4. The highest BCUT2D eigenvalue weighted by Gasteiger charge is 2.13. The van der Waals surface area contributed by atoms with Crippen LogP contribution in [0.25, 0.3) is 0 Å². The molecular weight excluding hydrogens is 204 g/mol. The molecule has 0 radical (unpaired) electrons. The Morgan fingerprint density at radius 2 is 2.07 bits per heavy atom. The third kappa shape index (κ3) is 2.90. The van der Waals surface area contributed by atoms with Crippen LogP contribution in [0.1, 0.15) is 6.92 Å². The molecule has 0 aliphatic heterocycles. The number of esters is 1. The van der Waals surface area contributed by atoms with Gasteiger partial charge in [-0.25, -0.2) is 13.6 Å². The summed E-state index contributed by atoms with van der Waals surface area (Å²) in [7, 11) is 1.26. The molecule has 0 bridgehead atoms. The zero-order valence-electron chi connectivity index (χ0n) is 8.38. The first kappa shape index (κ1) is 11.4. The van der Waals surface area contributed by atoms with E-state index in [1.807, 2.05) is 0 Å². The van der Waals surface area contributed by atoms with Crippen LogP contribution in [-0.2, 0) is 9.53 Å². The number of methoxy groups -OCH3 is 1. The minimum Gasteiger partial charge on any atom is -0.467 e. The van der Waals surface area contributed by atoms with Crippen molar-refractivity contribution in [2.75, 3.05) is 12.4 Å². The maximum Gasteiger partial charge on any atom is 0.327 e. The van der Waals surface area contributed by atoms with Crippen molar-refractivity contribution in [1.82, 2.24) is 0 Å². The molecule has 0 aliphatic carbocycles. The minimum atomic E-state index is -0.961. The van der Waals surface area contributed by atoms with E-state index in [1.54, 1.807) is 6.92 Å². The summed E-state index contributed by atoms with van der Waals surface area (Å²) in [6, 6.07) is 2.70. The van der Waals surface area contributed by atoms with E-state index in [1.165, 1.54) is 13.2 Å². The molecule has 1 aromatic carbocycles. The Balaban J connectivity index is 2.73. The standard InChI is InChI=1S/C10H11F2NO2/c1-6(10(14)15-2)13-7-3-4-8(11)9(12)5-7/h3-6,13H,1-2H3. The van der Waals surface area contributed by atoms with Gasteiger partial charge in [-0.05, 0) is 19.1 Å². The first-order valence-electron chi connectivity index (χ1n) is 4.34. The van der Waals surface area contributed by atoms with Crippen LogP contribution in [0.4, 0.5) is 14.5 Å². The molecule has 1 N–H and O–H groups in total. The highest BCUT2D eigenvalue weighted by molar-refractivity contribution is 5.78. The van der Waals surface area contributed by atoms with Gasteiger partial charge in [0.15, 0.2) is 11.6 Å². The number of hydrogen-bond acceptors (Lipinski definition) is 3. The molecule has 0 aromatic heterocycles. The van der Waals surface area contributed by atoms with E-state index in [4.69, 9.17) is 0 Å². The van der Waals surface area contributed by atoms with Crippen molar-refractivity contribution in [3.8, 4) is 0 Å². The van der Waals surface area contributed by atoms with Gasteiger partial charge in [0.05, 0.1) is 7.11 Å². The number of anilines is 1. The van der Waals surface area contributed by atoms with Crippen LogP contribution < -0.4 is 5.32 Å². The van der Waals surface area contributed by atoms with E-state index >= 15 is 0 Å². The van der Waals surface area contributed by atoms with Crippen LogP contribution in [0.15, 0.2) is 18.2 Å². The predicted molar refractivity (Wildman–Crippen MR) is 51.5 cm³/mol. The normalized spacial score (nSPS) is 12.0.